The maximum atomic E-state index is 12.4. The van der Waals surface area contributed by atoms with Gasteiger partial charge in [0.15, 0.2) is 0 Å². The van der Waals surface area contributed by atoms with Crippen LogP contribution in [-0.4, -0.2) is 49.9 Å². The number of hydrogen-bond donors (Lipinski definition) is 1. The normalized spacial score (nSPS) is 19.1. The summed E-state index contributed by atoms with van der Waals surface area (Å²) in [7, 11) is -3.86. The van der Waals surface area contributed by atoms with E-state index in [9.17, 15) is 18.3 Å². The van der Waals surface area contributed by atoms with Gasteiger partial charge in [-0.15, -0.1) is 0 Å². The van der Waals surface area contributed by atoms with Crippen LogP contribution in [0.15, 0.2) is 83.8 Å². The molecule has 1 N–H and O–H groups in total. The number of rotatable bonds is 10. The van der Waals surface area contributed by atoms with Crippen molar-refractivity contribution in [1.82, 2.24) is 4.98 Å². The van der Waals surface area contributed by atoms with Crippen LogP contribution in [0, 0.1) is 6.92 Å². The first-order valence-corrected chi connectivity index (χ1v) is 15.9. The zero-order chi connectivity index (χ0) is 30.0. The molecule has 1 aromatic heterocycles. The summed E-state index contributed by atoms with van der Waals surface area (Å²) in [5.41, 5.74) is 5.84. The third-order valence-corrected chi connectivity index (χ3v) is 8.96. The zero-order valence-corrected chi connectivity index (χ0v) is 24.6. The second kappa shape index (κ2) is 12.3. The number of benzene rings is 3. The molecule has 0 spiro atoms. The van der Waals surface area contributed by atoms with Crippen LogP contribution >= 0.6 is 0 Å². The van der Waals surface area contributed by atoms with E-state index in [2.05, 4.69) is 0 Å². The fraction of sp³-hybridized carbons (Fsp3) is 0.294. The molecule has 6 rings (SSSR count). The predicted octanol–water partition coefficient (Wildman–Crippen LogP) is 5.95. The number of para-hydroxylation sites is 1. The number of ether oxygens (including phenoxy) is 2. The Morgan fingerprint density at radius 3 is 2.47 bits per heavy atom. The first-order valence-electron chi connectivity index (χ1n) is 14.4. The summed E-state index contributed by atoms with van der Waals surface area (Å²) in [6.45, 7) is 1.83. The topological polar surface area (TPSA) is 112 Å². The number of aromatic nitrogens is 1. The second-order valence-corrected chi connectivity index (χ2v) is 12.6. The van der Waals surface area contributed by atoms with Crippen molar-refractivity contribution < 1.29 is 32.0 Å². The van der Waals surface area contributed by atoms with Crippen LogP contribution in [0.3, 0.4) is 0 Å². The van der Waals surface area contributed by atoms with Gasteiger partial charge in [0.1, 0.15) is 25.1 Å². The van der Waals surface area contributed by atoms with Gasteiger partial charge in [0.05, 0.1) is 28.6 Å². The van der Waals surface area contributed by atoms with Crippen molar-refractivity contribution in [3.63, 3.8) is 0 Å². The maximum absolute atomic E-state index is 12.4. The number of esters is 1. The molecular formula is C34H33NO7S. The van der Waals surface area contributed by atoms with Crippen molar-refractivity contribution >= 4 is 33.1 Å². The molecule has 1 saturated heterocycles. The minimum atomic E-state index is -3.86. The van der Waals surface area contributed by atoms with Crippen LogP contribution in [0.5, 0.6) is 5.75 Å². The highest BCUT2D eigenvalue weighted by atomic mass is 32.2. The lowest BCUT2D eigenvalue weighted by Gasteiger charge is -2.23. The summed E-state index contributed by atoms with van der Waals surface area (Å²) in [5.74, 6) is 0.545. The van der Waals surface area contributed by atoms with Gasteiger partial charge in [-0.05, 0) is 61.7 Å². The molecule has 1 saturated carbocycles. The van der Waals surface area contributed by atoms with E-state index in [-0.39, 0.29) is 24.5 Å². The van der Waals surface area contributed by atoms with Gasteiger partial charge in [-0.25, -0.2) is 0 Å². The van der Waals surface area contributed by atoms with Crippen LogP contribution in [0.2, 0.25) is 0 Å². The highest BCUT2D eigenvalue weighted by molar-refractivity contribution is 7.86. The van der Waals surface area contributed by atoms with Gasteiger partial charge < -0.3 is 14.6 Å². The largest absolute Gasteiger partial charge is 0.491 e. The third-order valence-electron chi connectivity index (χ3n) is 7.63. The van der Waals surface area contributed by atoms with Gasteiger partial charge >= 0.3 is 5.97 Å². The van der Waals surface area contributed by atoms with E-state index in [1.807, 2.05) is 67.6 Å². The van der Waals surface area contributed by atoms with E-state index in [0.717, 1.165) is 51.7 Å². The van der Waals surface area contributed by atoms with Crippen molar-refractivity contribution in [3.05, 3.63) is 95.7 Å². The van der Waals surface area contributed by atoms with E-state index in [0.29, 0.717) is 18.1 Å². The molecule has 2 aliphatic rings. The Morgan fingerprint density at radius 1 is 1.00 bits per heavy atom. The maximum Gasteiger partial charge on any atom is 0.309 e. The number of cyclic esters (lactones) is 1. The van der Waals surface area contributed by atoms with Crippen molar-refractivity contribution in [1.29, 1.82) is 0 Å². The number of aryl methyl sites for hydroxylation is 1. The van der Waals surface area contributed by atoms with Gasteiger partial charge in [0.2, 0.25) is 0 Å². The second-order valence-electron chi connectivity index (χ2n) is 11.0. The molecule has 0 radical (unpaired) electrons. The Balaban J connectivity index is 1.23. The highest BCUT2D eigenvalue weighted by Gasteiger charge is 2.30. The molecule has 2 heterocycles. The molecule has 222 valence electrons. The van der Waals surface area contributed by atoms with E-state index < -0.39 is 28.3 Å². The van der Waals surface area contributed by atoms with E-state index in [1.165, 1.54) is 12.1 Å². The third kappa shape index (κ3) is 6.80. The molecule has 2 fully saturated rings. The Hall–Kier alpha value is -4.05. The van der Waals surface area contributed by atoms with E-state index >= 15 is 0 Å². The molecule has 9 heteroatoms. The van der Waals surface area contributed by atoms with Crippen molar-refractivity contribution in [2.24, 2.45) is 0 Å². The summed E-state index contributed by atoms with van der Waals surface area (Å²) >= 11 is 0. The van der Waals surface area contributed by atoms with Gasteiger partial charge in [0, 0.05) is 28.9 Å². The molecule has 1 aliphatic carbocycles. The number of aliphatic hydroxyl groups is 1. The van der Waals surface area contributed by atoms with Crippen molar-refractivity contribution in [2.75, 3.05) is 13.2 Å². The summed E-state index contributed by atoms with van der Waals surface area (Å²) in [4.78, 5) is 17.1. The number of fused-ring (bicyclic) bond motifs is 1. The molecule has 2 atom stereocenters. The molecule has 4 aromatic rings. The first kappa shape index (κ1) is 29.0. The number of nitrogens with zero attached hydrogens (tertiary/aromatic N) is 1. The van der Waals surface area contributed by atoms with Gasteiger partial charge in [-0.1, -0.05) is 54.1 Å². The van der Waals surface area contributed by atoms with Crippen LogP contribution in [0.25, 0.3) is 28.1 Å². The van der Waals surface area contributed by atoms with Crippen LogP contribution in [0.4, 0.5) is 0 Å². The molecule has 0 unspecified atom stereocenters. The quantitative estimate of drug-likeness (QED) is 0.135. The molecule has 1 aliphatic heterocycles. The lowest BCUT2D eigenvalue weighted by atomic mass is 9.92. The smallest absolute Gasteiger partial charge is 0.309 e. The summed E-state index contributed by atoms with van der Waals surface area (Å²) in [6, 6.07) is 22.2. The molecule has 3 aromatic carbocycles. The Kier molecular flexibility index (Phi) is 8.30. The lowest BCUT2D eigenvalue weighted by molar-refractivity contribution is -0.156. The van der Waals surface area contributed by atoms with Gasteiger partial charge in [-0.2, -0.15) is 8.42 Å². The van der Waals surface area contributed by atoms with Gasteiger partial charge in [-0.3, -0.25) is 14.0 Å². The standard InChI is InChI=1S/C34H33NO7S/c1-22-6-15-28(16-7-22)43(38,39)41-19-18-40-26-12-10-23(11-13-26)33-29-4-2-3-5-31(29)35-34(24-8-9-24)30(33)17-14-27-20-25(36)21-32(37)42-27/h2-7,10-17,24-25,27,36H,8-9,18-21H2,1H3/b17-14+/t25-,27-/m1/s1. The van der Waals surface area contributed by atoms with E-state index in [4.69, 9.17) is 18.6 Å². The highest BCUT2D eigenvalue weighted by Crippen LogP contribution is 2.45. The average Bonchev–Trinajstić information content (AvgIpc) is 3.83. The van der Waals surface area contributed by atoms with Crippen LogP contribution in [-0.2, 0) is 23.8 Å². The van der Waals surface area contributed by atoms with Crippen molar-refractivity contribution in [3.8, 4) is 16.9 Å². The molecular weight excluding hydrogens is 566 g/mol. The SMILES string of the molecule is Cc1ccc(S(=O)(=O)OCCOc2ccc(-c3c(/C=C/[C@@H]4C[C@@H](O)CC(=O)O4)c(C4CC4)nc4ccccc34)cc2)cc1. The Morgan fingerprint density at radius 2 is 1.74 bits per heavy atom. The number of hydrogen-bond acceptors (Lipinski definition) is 8. The molecule has 0 amide bonds. The Bertz CT molecular complexity index is 1760. The van der Waals surface area contributed by atoms with Crippen molar-refractivity contribution in [2.45, 2.75) is 55.6 Å². The Labute approximate surface area is 251 Å². The fourth-order valence-electron chi connectivity index (χ4n) is 5.32. The summed E-state index contributed by atoms with van der Waals surface area (Å²) in [6.07, 6.45) is 5.12. The minimum Gasteiger partial charge on any atom is -0.491 e. The van der Waals surface area contributed by atoms with Gasteiger partial charge in [0.25, 0.3) is 10.1 Å². The summed E-state index contributed by atoms with van der Waals surface area (Å²) < 4.78 is 41.3. The van der Waals surface area contributed by atoms with E-state index in [1.54, 1.807) is 12.1 Å². The number of carbonyl (C=O) groups excluding carboxylic acids is 1. The summed E-state index contributed by atoms with van der Waals surface area (Å²) in [5, 5.41) is 11.1. The lowest BCUT2D eigenvalue weighted by Crippen LogP contribution is -2.31. The number of pyridine rings is 1. The first-order chi connectivity index (χ1) is 20.8. The van der Waals surface area contributed by atoms with Crippen LogP contribution < -0.4 is 4.74 Å². The molecule has 0 bridgehead atoms. The molecule has 8 nitrogen and oxygen atoms in total. The number of carbonyl (C=O) groups is 1. The zero-order valence-electron chi connectivity index (χ0n) is 23.8. The minimum absolute atomic E-state index is 0.0174. The molecule has 43 heavy (non-hydrogen) atoms. The predicted molar refractivity (Wildman–Crippen MR) is 163 cm³/mol. The van der Waals surface area contributed by atoms with Crippen LogP contribution in [0.1, 0.15) is 48.4 Å². The average molecular weight is 600 g/mol. The fourth-order valence-corrected chi connectivity index (χ4v) is 6.21. The number of aliphatic hydroxyl groups excluding tert-OH is 1. The monoisotopic (exact) mass is 599 g/mol.